The second kappa shape index (κ2) is 10.2. The summed E-state index contributed by atoms with van der Waals surface area (Å²) in [7, 11) is 3.85. The topological polar surface area (TPSA) is 58.3 Å². The standard InChI is InChI=1S/C14H21BrN6S.HI/c1-4-13-19-18-10-21(13)8-7-17-14(16-2)20(3)9-11-5-6-12(15)22-11;/h5-6,10H,4,7-9H2,1-3H3,(H,16,17);1H. The van der Waals surface area contributed by atoms with Crippen LogP contribution in [0.5, 0.6) is 0 Å². The molecule has 0 amide bonds. The van der Waals surface area contributed by atoms with Crippen molar-refractivity contribution in [2.45, 2.75) is 26.4 Å². The van der Waals surface area contributed by atoms with Gasteiger partial charge >= 0.3 is 0 Å². The highest BCUT2D eigenvalue weighted by Gasteiger charge is 2.08. The van der Waals surface area contributed by atoms with Gasteiger partial charge in [0.15, 0.2) is 5.96 Å². The maximum Gasteiger partial charge on any atom is 0.193 e. The molecule has 128 valence electrons. The molecule has 0 unspecified atom stereocenters. The van der Waals surface area contributed by atoms with Gasteiger partial charge in [-0.1, -0.05) is 6.92 Å². The molecule has 0 aliphatic rings. The molecule has 0 aromatic carbocycles. The van der Waals surface area contributed by atoms with Gasteiger partial charge in [-0.3, -0.25) is 4.99 Å². The fourth-order valence-corrected chi connectivity index (χ4v) is 3.69. The summed E-state index contributed by atoms with van der Waals surface area (Å²) >= 11 is 5.24. The summed E-state index contributed by atoms with van der Waals surface area (Å²) in [5.74, 6) is 1.89. The lowest BCUT2D eigenvalue weighted by Crippen LogP contribution is -2.39. The van der Waals surface area contributed by atoms with Crippen LogP contribution in [0, 0.1) is 0 Å². The Bertz CT molecular complexity index is 626. The summed E-state index contributed by atoms with van der Waals surface area (Å²) in [4.78, 5) is 7.75. The maximum atomic E-state index is 4.34. The van der Waals surface area contributed by atoms with E-state index in [1.54, 1.807) is 24.7 Å². The Balaban J connectivity index is 0.00000264. The number of thiophene rings is 1. The Labute approximate surface area is 166 Å². The van der Waals surface area contributed by atoms with E-state index in [0.29, 0.717) is 0 Å². The summed E-state index contributed by atoms with van der Waals surface area (Å²) in [6, 6.07) is 4.20. The van der Waals surface area contributed by atoms with Gasteiger partial charge in [-0.2, -0.15) is 0 Å². The normalized spacial score (nSPS) is 11.2. The summed E-state index contributed by atoms with van der Waals surface area (Å²) in [6.07, 6.45) is 2.66. The van der Waals surface area contributed by atoms with E-state index in [0.717, 1.165) is 41.6 Å². The molecule has 0 spiro atoms. The highest BCUT2D eigenvalue weighted by molar-refractivity contribution is 14.0. The van der Waals surface area contributed by atoms with E-state index in [2.05, 4.69) is 65.0 Å². The molecule has 0 fully saturated rings. The minimum absolute atomic E-state index is 0. The zero-order valence-corrected chi connectivity index (χ0v) is 18.2. The SMILES string of the molecule is CCc1nncn1CCNC(=NC)N(C)Cc1ccc(Br)s1.I. The summed E-state index contributed by atoms with van der Waals surface area (Å²) < 4.78 is 3.22. The first-order chi connectivity index (χ1) is 10.6. The molecule has 1 N–H and O–H groups in total. The number of aliphatic imine (C=N–C) groups is 1. The number of nitrogens with zero attached hydrogens (tertiary/aromatic N) is 5. The van der Waals surface area contributed by atoms with Crippen LogP contribution < -0.4 is 5.32 Å². The van der Waals surface area contributed by atoms with Crippen LogP contribution in [-0.4, -0.2) is 46.3 Å². The molecule has 2 rings (SSSR count). The first-order valence-electron chi connectivity index (χ1n) is 7.16. The maximum absolute atomic E-state index is 4.34. The second-order valence-corrected chi connectivity index (χ2v) is 7.38. The smallest absolute Gasteiger partial charge is 0.193 e. The van der Waals surface area contributed by atoms with Gasteiger partial charge in [0.25, 0.3) is 0 Å². The van der Waals surface area contributed by atoms with Gasteiger partial charge in [0.1, 0.15) is 12.2 Å². The lowest BCUT2D eigenvalue weighted by molar-refractivity contribution is 0.477. The average molecular weight is 513 g/mol. The third-order valence-electron chi connectivity index (χ3n) is 3.24. The van der Waals surface area contributed by atoms with Crippen molar-refractivity contribution in [2.75, 3.05) is 20.6 Å². The molecule has 2 heterocycles. The predicted octanol–water partition coefficient (Wildman–Crippen LogP) is 2.99. The number of hydrogen-bond acceptors (Lipinski definition) is 4. The average Bonchev–Trinajstić information content (AvgIpc) is 3.12. The second-order valence-electron chi connectivity index (χ2n) is 4.83. The number of aryl methyl sites for hydroxylation is 1. The van der Waals surface area contributed by atoms with E-state index in [1.807, 2.05) is 7.05 Å². The van der Waals surface area contributed by atoms with Crippen LogP contribution in [0.25, 0.3) is 0 Å². The van der Waals surface area contributed by atoms with Crippen LogP contribution in [0.2, 0.25) is 0 Å². The monoisotopic (exact) mass is 512 g/mol. The van der Waals surface area contributed by atoms with E-state index < -0.39 is 0 Å². The molecule has 0 saturated heterocycles. The van der Waals surface area contributed by atoms with Gasteiger partial charge in [0.05, 0.1) is 10.3 Å². The Kier molecular flexibility index (Phi) is 9.07. The minimum atomic E-state index is 0. The molecule has 9 heteroatoms. The van der Waals surface area contributed by atoms with Crippen molar-refractivity contribution in [3.63, 3.8) is 0 Å². The van der Waals surface area contributed by atoms with Crippen LogP contribution in [0.3, 0.4) is 0 Å². The molecule has 0 bridgehead atoms. The quantitative estimate of drug-likeness (QED) is 0.367. The number of aromatic nitrogens is 3. The first kappa shape index (κ1) is 20.4. The van der Waals surface area contributed by atoms with E-state index in [-0.39, 0.29) is 24.0 Å². The molecular weight excluding hydrogens is 491 g/mol. The van der Waals surface area contributed by atoms with Crippen molar-refractivity contribution in [3.8, 4) is 0 Å². The number of guanidine groups is 1. The third-order valence-corrected chi connectivity index (χ3v) is 4.85. The molecule has 0 atom stereocenters. The third kappa shape index (κ3) is 6.03. The zero-order chi connectivity index (χ0) is 15.9. The number of rotatable bonds is 6. The van der Waals surface area contributed by atoms with E-state index in [9.17, 15) is 0 Å². The van der Waals surface area contributed by atoms with Gasteiger partial charge in [-0.25, -0.2) is 0 Å². The van der Waals surface area contributed by atoms with Gasteiger partial charge < -0.3 is 14.8 Å². The van der Waals surface area contributed by atoms with Gasteiger partial charge in [-0.05, 0) is 28.1 Å². The molecule has 0 aliphatic carbocycles. The van der Waals surface area contributed by atoms with Crippen LogP contribution in [-0.2, 0) is 19.5 Å². The van der Waals surface area contributed by atoms with E-state index in [4.69, 9.17) is 0 Å². The van der Waals surface area contributed by atoms with Crippen molar-refractivity contribution in [3.05, 3.63) is 32.9 Å². The summed E-state index contributed by atoms with van der Waals surface area (Å²) in [5, 5.41) is 11.4. The van der Waals surface area contributed by atoms with Crippen molar-refractivity contribution < 1.29 is 0 Å². The molecular formula is C14H22BrIN6S. The van der Waals surface area contributed by atoms with E-state index in [1.165, 1.54) is 4.88 Å². The molecule has 23 heavy (non-hydrogen) atoms. The van der Waals surface area contributed by atoms with Crippen LogP contribution in [0.4, 0.5) is 0 Å². The van der Waals surface area contributed by atoms with Crippen molar-refractivity contribution in [1.29, 1.82) is 0 Å². The summed E-state index contributed by atoms with van der Waals surface area (Å²) in [6.45, 7) is 4.53. The lowest BCUT2D eigenvalue weighted by atomic mass is 10.4. The van der Waals surface area contributed by atoms with Crippen LogP contribution in [0.1, 0.15) is 17.6 Å². The highest BCUT2D eigenvalue weighted by atomic mass is 127. The molecule has 2 aromatic rings. The predicted molar refractivity (Wildman–Crippen MR) is 110 cm³/mol. The zero-order valence-electron chi connectivity index (χ0n) is 13.5. The van der Waals surface area contributed by atoms with Crippen molar-refractivity contribution in [2.24, 2.45) is 4.99 Å². The highest BCUT2D eigenvalue weighted by Crippen LogP contribution is 2.22. The molecule has 2 aromatic heterocycles. The van der Waals surface area contributed by atoms with E-state index >= 15 is 0 Å². The van der Waals surface area contributed by atoms with Gasteiger partial charge in [-0.15, -0.1) is 45.5 Å². The Morgan fingerprint density at radius 3 is 2.87 bits per heavy atom. The largest absolute Gasteiger partial charge is 0.354 e. The number of halogens is 2. The fourth-order valence-electron chi connectivity index (χ4n) is 2.16. The van der Waals surface area contributed by atoms with Crippen molar-refractivity contribution in [1.82, 2.24) is 25.0 Å². The number of nitrogens with one attached hydrogen (secondary N) is 1. The van der Waals surface area contributed by atoms with Crippen LogP contribution >= 0.6 is 51.2 Å². The minimum Gasteiger partial charge on any atom is -0.354 e. The first-order valence-corrected chi connectivity index (χ1v) is 8.77. The molecule has 0 saturated carbocycles. The molecule has 0 radical (unpaired) electrons. The van der Waals surface area contributed by atoms with Gasteiger partial charge in [0.2, 0.25) is 0 Å². The molecule has 0 aliphatic heterocycles. The van der Waals surface area contributed by atoms with Gasteiger partial charge in [0, 0.05) is 38.5 Å². The lowest BCUT2D eigenvalue weighted by Gasteiger charge is -2.21. The Morgan fingerprint density at radius 1 is 1.48 bits per heavy atom. The number of hydrogen-bond donors (Lipinski definition) is 1. The summed E-state index contributed by atoms with van der Waals surface area (Å²) in [5.41, 5.74) is 0. The van der Waals surface area contributed by atoms with Crippen molar-refractivity contribution >= 4 is 57.2 Å². The molecule has 6 nitrogen and oxygen atoms in total. The fraction of sp³-hybridized carbons (Fsp3) is 0.500. The Hall–Kier alpha value is -0.680. The van der Waals surface area contributed by atoms with Crippen LogP contribution in [0.15, 0.2) is 27.2 Å². The Morgan fingerprint density at radius 2 is 2.26 bits per heavy atom.